The molecule has 2 aromatic carbocycles. The monoisotopic (exact) mass is 454 g/mol. The number of hydrogen-bond acceptors (Lipinski definition) is 5. The van der Waals surface area contributed by atoms with Gasteiger partial charge in [-0.3, -0.25) is 19.8 Å². The molecule has 1 aliphatic heterocycles. The van der Waals surface area contributed by atoms with Gasteiger partial charge in [-0.25, -0.2) is 0 Å². The smallest absolute Gasteiger partial charge is 0.276 e. The van der Waals surface area contributed by atoms with Crippen molar-refractivity contribution in [2.75, 3.05) is 37.4 Å². The van der Waals surface area contributed by atoms with Gasteiger partial charge in [0, 0.05) is 55.4 Å². The molecule has 34 heavy (non-hydrogen) atoms. The molecule has 0 atom stereocenters. The van der Waals surface area contributed by atoms with Crippen LogP contribution in [-0.4, -0.2) is 53.2 Å². The molecule has 174 valence electrons. The summed E-state index contributed by atoms with van der Waals surface area (Å²) in [5.74, 6) is -0.238. The zero-order valence-electron chi connectivity index (χ0n) is 19.7. The molecule has 1 saturated heterocycles. The molecule has 0 bridgehead atoms. The predicted molar refractivity (Wildman–Crippen MR) is 137 cm³/mol. The summed E-state index contributed by atoms with van der Waals surface area (Å²) >= 11 is 0. The van der Waals surface area contributed by atoms with Gasteiger partial charge in [-0.05, 0) is 79.5 Å². The molecule has 0 radical (unpaired) electrons. The van der Waals surface area contributed by atoms with Crippen LogP contribution in [0.2, 0.25) is 0 Å². The number of piperidine rings is 1. The Balaban J connectivity index is 1.37. The van der Waals surface area contributed by atoms with E-state index < -0.39 is 0 Å². The molecular weight excluding hydrogens is 424 g/mol. The fourth-order valence-electron chi connectivity index (χ4n) is 4.51. The van der Waals surface area contributed by atoms with Crippen LogP contribution in [0.15, 0.2) is 60.9 Å². The molecule has 4 aromatic rings. The maximum absolute atomic E-state index is 13.0. The number of aromatic amines is 1. The van der Waals surface area contributed by atoms with Gasteiger partial charge in [0.05, 0.1) is 5.52 Å². The Morgan fingerprint density at radius 3 is 2.56 bits per heavy atom. The molecule has 5 rings (SSSR count). The Labute approximate surface area is 199 Å². The van der Waals surface area contributed by atoms with Gasteiger partial charge in [-0.1, -0.05) is 12.5 Å². The van der Waals surface area contributed by atoms with Crippen molar-refractivity contribution in [1.82, 2.24) is 20.1 Å². The van der Waals surface area contributed by atoms with Crippen molar-refractivity contribution >= 4 is 28.2 Å². The number of aromatic nitrogens is 3. The molecule has 1 fully saturated rings. The number of carbonyl (C=O) groups is 1. The molecule has 0 spiro atoms. The van der Waals surface area contributed by atoms with Crippen LogP contribution in [0.3, 0.4) is 0 Å². The van der Waals surface area contributed by atoms with E-state index in [0.29, 0.717) is 5.69 Å². The first-order valence-electron chi connectivity index (χ1n) is 11.8. The summed E-state index contributed by atoms with van der Waals surface area (Å²) in [7, 11) is 3.97. The predicted octanol–water partition coefficient (Wildman–Crippen LogP) is 4.93. The third kappa shape index (κ3) is 4.79. The quantitative estimate of drug-likeness (QED) is 0.432. The minimum absolute atomic E-state index is 0.238. The Morgan fingerprint density at radius 1 is 1.00 bits per heavy atom. The number of carbonyl (C=O) groups excluding carboxylic acids is 1. The van der Waals surface area contributed by atoms with Gasteiger partial charge >= 0.3 is 0 Å². The maximum atomic E-state index is 13.0. The Bertz CT molecular complexity index is 1290. The lowest BCUT2D eigenvalue weighted by Gasteiger charge is -2.26. The maximum Gasteiger partial charge on any atom is 0.276 e. The van der Waals surface area contributed by atoms with Crippen molar-refractivity contribution in [3.8, 4) is 11.1 Å². The fraction of sp³-hybridized carbons (Fsp3) is 0.296. The van der Waals surface area contributed by atoms with Gasteiger partial charge < -0.3 is 10.2 Å². The van der Waals surface area contributed by atoms with Crippen LogP contribution >= 0.6 is 0 Å². The van der Waals surface area contributed by atoms with Crippen LogP contribution in [-0.2, 0) is 6.54 Å². The lowest BCUT2D eigenvalue weighted by Crippen LogP contribution is -2.29. The Morgan fingerprint density at radius 2 is 1.79 bits per heavy atom. The van der Waals surface area contributed by atoms with Crippen LogP contribution in [0.25, 0.3) is 22.0 Å². The SMILES string of the molecule is CN(C)c1ccc(NC(=O)c2n[nH]c3ccc(-c4cncc(CN5CCCCC5)c4)cc23)cc1. The number of benzene rings is 2. The average Bonchev–Trinajstić information content (AvgIpc) is 3.29. The number of nitrogens with zero attached hydrogens (tertiary/aromatic N) is 4. The number of likely N-dealkylation sites (tertiary alicyclic amines) is 1. The molecular formula is C27H30N6O. The van der Waals surface area contributed by atoms with Crippen LogP contribution in [0.1, 0.15) is 35.3 Å². The van der Waals surface area contributed by atoms with E-state index >= 15 is 0 Å². The highest BCUT2D eigenvalue weighted by Crippen LogP contribution is 2.27. The number of hydrogen-bond donors (Lipinski definition) is 2. The molecule has 3 heterocycles. The average molecular weight is 455 g/mol. The fourth-order valence-corrected chi connectivity index (χ4v) is 4.51. The highest BCUT2D eigenvalue weighted by atomic mass is 16.1. The first-order valence-corrected chi connectivity index (χ1v) is 11.8. The Hall–Kier alpha value is -3.71. The number of fused-ring (bicyclic) bond motifs is 1. The molecule has 0 unspecified atom stereocenters. The van der Waals surface area contributed by atoms with Crippen LogP contribution in [0.5, 0.6) is 0 Å². The third-order valence-corrected chi connectivity index (χ3v) is 6.40. The minimum atomic E-state index is -0.238. The van der Waals surface area contributed by atoms with Crippen molar-refractivity contribution in [2.24, 2.45) is 0 Å². The van der Waals surface area contributed by atoms with Gasteiger partial charge in [0.15, 0.2) is 5.69 Å². The van der Waals surface area contributed by atoms with Crippen molar-refractivity contribution in [3.63, 3.8) is 0 Å². The van der Waals surface area contributed by atoms with Gasteiger partial charge in [0.2, 0.25) is 0 Å². The molecule has 2 aromatic heterocycles. The van der Waals surface area contributed by atoms with Crippen molar-refractivity contribution in [1.29, 1.82) is 0 Å². The lowest BCUT2D eigenvalue weighted by molar-refractivity contribution is 0.102. The molecule has 7 nitrogen and oxygen atoms in total. The lowest BCUT2D eigenvalue weighted by atomic mass is 10.0. The topological polar surface area (TPSA) is 77.1 Å². The first-order chi connectivity index (χ1) is 16.6. The molecule has 7 heteroatoms. The summed E-state index contributed by atoms with van der Waals surface area (Å²) in [6, 6.07) is 16.0. The van der Waals surface area contributed by atoms with E-state index in [0.717, 1.165) is 53.0 Å². The number of anilines is 2. The summed E-state index contributed by atoms with van der Waals surface area (Å²) in [6.07, 6.45) is 7.71. The second-order valence-corrected chi connectivity index (χ2v) is 9.15. The second-order valence-electron chi connectivity index (χ2n) is 9.15. The number of rotatable bonds is 6. The summed E-state index contributed by atoms with van der Waals surface area (Å²) in [5.41, 5.74) is 6.29. The highest BCUT2D eigenvalue weighted by molar-refractivity contribution is 6.11. The van der Waals surface area contributed by atoms with Gasteiger partial charge in [0.25, 0.3) is 5.91 Å². The minimum Gasteiger partial charge on any atom is -0.378 e. The number of H-pyrrole nitrogens is 1. The summed E-state index contributed by atoms with van der Waals surface area (Å²) in [6.45, 7) is 3.23. The van der Waals surface area contributed by atoms with Crippen LogP contribution in [0, 0.1) is 0 Å². The molecule has 1 aliphatic rings. The van der Waals surface area contributed by atoms with E-state index in [9.17, 15) is 4.79 Å². The molecule has 0 aliphatic carbocycles. The first kappa shape index (κ1) is 22.1. The Kier molecular flexibility index (Phi) is 6.27. The van der Waals surface area contributed by atoms with E-state index in [1.807, 2.05) is 73.9 Å². The number of amides is 1. The van der Waals surface area contributed by atoms with Crippen molar-refractivity contribution in [3.05, 3.63) is 72.2 Å². The van der Waals surface area contributed by atoms with Crippen LogP contribution < -0.4 is 10.2 Å². The normalized spacial score (nSPS) is 14.3. The zero-order chi connectivity index (χ0) is 23.5. The largest absolute Gasteiger partial charge is 0.378 e. The van der Waals surface area contributed by atoms with Gasteiger partial charge in [-0.15, -0.1) is 0 Å². The van der Waals surface area contributed by atoms with Crippen molar-refractivity contribution in [2.45, 2.75) is 25.8 Å². The summed E-state index contributed by atoms with van der Waals surface area (Å²) < 4.78 is 0. The van der Waals surface area contributed by atoms with Gasteiger partial charge in [-0.2, -0.15) is 5.10 Å². The second kappa shape index (κ2) is 9.65. The standard InChI is InChI=1S/C27H30N6O/c1-32(2)23-9-7-22(8-10-23)29-27(34)26-24-15-20(6-11-25(24)30-31-26)21-14-19(16-28-17-21)18-33-12-4-3-5-13-33/h6-11,14-17H,3-5,12-13,18H2,1-2H3,(H,29,34)(H,30,31). The molecule has 1 amide bonds. The van der Waals surface area contributed by atoms with E-state index in [1.165, 1.54) is 24.8 Å². The van der Waals surface area contributed by atoms with E-state index in [4.69, 9.17) is 0 Å². The molecule has 2 N–H and O–H groups in total. The summed E-state index contributed by atoms with van der Waals surface area (Å²) in [4.78, 5) is 22.0. The van der Waals surface area contributed by atoms with Gasteiger partial charge in [0.1, 0.15) is 0 Å². The number of nitrogens with one attached hydrogen (secondary N) is 2. The highest BCUT2D eigenvalue weighted by Gasteiger charge is 2.16. The van der Waals surface area contributed by atoms with Crippen LogP contribution in [0.4, 0.5) is 11.4 Å². The summed E-state index contributed by atoms with van der Waals surface area (Å²) in [5, 5.41) is 11.0. The third-order valence-electron chi connectivity index (χ3n) is 6.40. The zero-order valence-corrected chi connectivity index (χ0v) is 19.7. The van der Waals surface area contributed by atoms with Crippen molar-refractivity contribution < 1.29 is 4.79 Å². The number of pyridine rings is 1. The van der Waals surface area contributed by atoms with E-state index in [2.05, 4.69) is 31.5 Å². The van der Waals surface area contributed by atoms with E-state index in [-0.39, 0.29) is 5.91 Å². The molecule has 0 saturated carbocycles. The van der Waals surface area contributed by atoms with E-state index in [1.54, 1.807) is 0 Å².